The lowest BCUT2D eigenvalue weighted by atomic mass is 10.1. The minimum atomic E-state index is -0.0614. The summed E-state index contributed by atoms with van der Waals surface area (Å²) in [6, 6.07) is 7.76. The molecule has 5 heteroatoms. The van der Waals surface area contributed by atoms with Crippen LogP contribution in [0.2, 0.25) is 0 Å². The van der Waals surface area contributed by atoms with Gasteiger partial charge in [-0.3, -0.25) is 4.79 Å². The summed E-state index contributed by atoms with van der Waals surface area (Å²) < 4.78 is 0. The second-order valence-electron chi connectivity index (χ2n) is 4.61. The molecule has 1 amide bonds. The fourth-order valence-corrected chi connectivity index (χ4v) is 2.75. The third-order valence-electron chi connectivity index (χ3n) is 2.80. The Morgan fingerprint density at radius 1 is 1.30 bits per heavy atom. The Balaban J connectivity index is 2.18. The van der Waals surface area contributed by atoms with E-state index in [1.54, 1.807) is 11.3 Å². The number of aromatic nitrogens is 1. The zero-order valence-electron chi connectivity index (χ0n) is 12.0. The van der Waals surface area contributed by atoms with Crippen molar-refractivity contribution in [1.82, 2.24) is 4.98 Å². The molecule has 106 valence electrons. The number of rotatable bonds is 5. The van der Waals surface area contributed by atoms with Crippen molar-refractivity contribution in [3.05, 3.63) is 29.1 Å². The Morgan fingerprint density at radius 2 is 2.00 bits per heavy atom. The lowest BCUT2D eigenvalue weighted by Crippen LogP contribution is -2.05. The maximum Gasteiger partial charge on any atom is 0.221 e. The summed E-state index contributed by atoms with van der Waals surface area (Å²) in [5, 5.41) is 7.04. The number of anilines is 2. The molecular weight excluding hydrogens is 270 g/mol. The van der Waals surface area contributed by atoms with Gasteiger partial charge in [-0.25, -0.2) is 4.98 Å². The number of amides is 1. The summed E-state index contributed by atoms with van der Waals surface area (Å²) in [5.74, 6) is -0.0614. The maximum absolute atomic E-state index is 11.0. The first-order valence-corrected chi connectivity index (χ1v) is 7.51. The molecule has 0 bridgehead atoms. The highest BCUT2D eigenvalue weighted by molar-refractivity contribution is 7.16. The molecule has 0 spiro atoms. The fraction of sp³-hybridized carbons (Fsp3) is 0.333. The van der Waals surface area contributed by atoms with Gasteiger partial charge < -0.3 is 10.6 Å². The van der Waals surface area contributed by atoms with Gasteiger partial charge in [-0.05, 0) is 25.5 Å². The van der Waals surface area contributed by atoms with E-state index < -0.39 is 0 Å². The summed E-state index contributed by atoms with van der Waals surface area (Å²) in [6.45, 7) is 6.65. The van der Waals surface area contributed by atoms with Gasteiger partial charge in [-0.15, -0.1) is 11.3 Å². The summed E-state index contributed by atoms with van der Waals surface area (Å²) in [6.07, 6.45) is 1.08. The number of carbonyl (C=O) groups excluding carboxylic acids is 1. The number of aryl methyl sites for hydroxylation is 1. The van der Waals surface area contributed by atoms with Gasteiger partial charge in [0.15, 0.2) is 5.13 Å². The van der Waals surface area contributed by atoms with Crippen molar-refractivity contribution >= 4 is 28.1 Å². The quantitative estimate of drug-likeness (QED) is 0.877. The number of hydrogen-bond donors (Lipinski definition) is 2. The SMILES string of the molecule is CCCNc1nc(-c2ccc(NC(C)=O)cc2)c(C)s1. The Labute approximate surface area is 123 Å². The van der Waals surface area contributed by atoms with E-state index in [0.29, 0.717) is 0 Å². The van der Waals surface area contributed by atoms with Crippen LogP contribution in [0, 0.1) is 6.92 Å². The van der Waals surface area contributed by atoms with E-state index in [2.05, 4.69) is 29.5 Å². The van der Waals surface area contributed by atoms with Crippen molar-refractivity contribution in [2.24, 2.45) is 0 Å². The predicted molar refractivity (Wildman–Crippen MR) is 85.4 cm³/mol. The zero-order valence-corrected chi connectivity index (χ0v) is 12.8. The van der Waals surface area contributed by atoms with E-state index in [4.69, 9.17) is 0 Å². The Hall–Kier alpha value is -1.88. The average Bonchev–Trinajstić information content (AvgIpc) is 2.78. The van der Waals surface area contributed by atoms with Crippen molar-refractivity contribution < 1.29 is 4.79 Å². The first-order chi connectivity index (χ1) is 9.60. The largest absolute Gasteiger partial charge is 0.362 e. The Kier molecular flexibility index (Phi) is 4.74. The van der Waals surface area contributed by atoms with Gasteiger partial charge in [-0.1, -0.05) is 19.1 Å². The van der Waals surface area contributed by atoms with Gasteiger partial charge in [0.2, 0.25) is 5.91 Å². The van der Waals surface area contributed by atoms with Crippen LogP contribution in [0.3, 0.4) is 0 Å². The smallest absolute Gasteiger partial charge is 0.221 e. The summed E-state index contributed by atoms with van der Waals surface area (Å²) in [5.41, 5.74) is 2.87. The van der Waals surface area contributed by atoms with E-state index >= 15 is 0 Å². The second kappa shape index (κ2) is 6.52. The highest BCUT2D eigenvalue weighted by atomic mass is 32.1. The molecule has 0 aliphatic rings. The third kappa shape index (κ3) is 3.57. The standard InChI is InChI=1S/C15H19N3OS/c1-4-9-16-15-18-14(10(2)20-15)12-5-7-13(8-6-12)17-11(3)19/h5-8H,4,9H2,1-3H3,(H,16,18)(H,17,19). The molecule has 2 rings (SSSR count). The molecule has 0 saturated heterocycles. The molecule has 1 aromatic heterocycles. The lowest BCUT2D eigenvalue weighted by Gasteiger charge is -2.03. The van der Waals surface area contributed by atoms with E-state index in [9.17, 15) is 4.79 Å². The second-order valence-corrected chi connectivity index (χ2v) is 5.81. The third-order valence-corrected chi connectivity index (χ3v) is 3.73. The first-order valence-electron chi connectivity index (χ1n) is 6.69. The number of thiazole rings is 1. The van der Waals surface area contributed by atoms with Gasteiger partial charge in [0, 0.05) is 29.6 Å². The van der Waals surface area contributed by atoms with E-state index in [0.717, 1.165) is 35.0 Å². The molecule has 1 heterocycles. The number of carbonyl (C=O) groups is 1. The van der Waals surface area contributed by atoms with Crippen LogP contribution in [0.4, 0.5) is 10.8 Å². The molecular formula is C15H19N3OS. The van der Waals surface area contributed by atoms with Crippen LogP contribution in [0.25, 0.3) is 11.3 Å². The van der Waals surface area contributed by atoms with Crippen LogP contribution < -0.4 is 10.6 Å². The molecule has 0 aliphatic heterocycles. The van der Waals surface area contributed by atoms with Crippen molar-refractivity contribution in [3.63, 3.8) is 0 Å². The predicted octanol–water partition coefficient (Wildman–Crippen LogP) is 3.90. The molecule has 2 N–H and O–H groups in total. The van der Waals surface area contributed by atoms with Gasteiger partial charge >= 0.3 is 0 Å². The monoisotopic (exact) mass is 289 g/mol. The normalized spacial score (nSPS) is 10.3. The minimum Gasteiger partial charge on any atom is -0.362 e. The van der Waals surface area contributed by atoms with Crippen molar-refractivity contribution in [3.8, 4) is 11.3 Å². The zero-order chi connectivity index (χ0) is 14.5. The molecule has 20 heavy (non-hydrogen) atoms. The minimum absolute atomic E-state index is 0.0614. The molecule has 0 aliphatic carbocycles. The highest BCUT2D eigenvalue weighted by Gasteiger charge is 2.09. The molecule has 0 atom stereocenters. The average molecular weight is 289 g/mol. The summed E-state index contributed by atoms with van der Waals surface area (Å²) in [4.78, 5) is 16.8. The molecule has 4 nitrogen and oxygen atoms in total. The van der Waals surface area contributed by atoms with E-state index in [1.165, 1.54) is 11.8 Å². The van der Waals surface area contributed by atoms with Crippen LogP contribution in [0.5, 0.6) is 0 Å². The molecule has 2 aromatic rings. The number of nitrogens with zero attached hydrogens (tertiary/aromatic N) is 1. The topological polar surface area (TPSA) is 54.0 Å². The molecule has 0 unspecified atom stereocenters. The molecule has 0 saturated carbocycles. The summed E-state index contributed by atoms with van der Waals surface area (Å²) >= 11 is 1.67. The van der Waals surface area contributed by atoms with Gasteiger partial charge in [0.05, 0.1) is 5.69 Å². The molecule has 0 fully saturated rings. The van der Waals surface area contributed by atoms with Crippen LogP contribution in [0.15, 0.2) is 24.3 Å². The number of benzene rings is 1. The van der Waals surface area contributed by atoms with E-state index in [1.807, 2.05) is 24.3 Å². The van der Waals surface area contributed by atoms with Crippen molar-refractivity contribution in [2.75, 3.05) is 17.2 Å². The number of nitrogens with one attached hydrogen (secondary N) is 2. The highest BCUT2D eigenvalue weighted by Crippen LogP contribution is 2.30. The summed E-state index contributed by atoms with van der Waals surface area (Å²) in [7, 11) is 0. The van der Waals surface area contributed by atoms with Gasteiger partial charge in [0.1, 0.15) is 0 Å². The van der Waals surface area contributed by atoms with Crippen LogP contribution in [0.1, 0.15) is 25.1 Å². The maximum atomic E-state index is 11.0. The Bertz CT molecular complexity index is 590. The van der Waals surface area contributed by atoms with Crippen molar-refractivity contribution in [1.29, 1.82) is 0 Å². The van der Waals surface area contributed by atoms with Crippen molar-refractivity contribution in [2.45, 2.75) is 27.2 Å². The lowest BCUT2D eigenvalue weighted by molar-refractivity contribution is -0.114. The molecule has 0 radical (unpaired) electrons. The number of hydrogen-bond acceptors (Lipinski definition) is 4. The van der Waals surface area contributed by atoms with Gasteiger partial charge in [0.25, 0.3) is 0 Å². The van der Waals surface area contributed by atoms with Crippen LogP contribution >= 0.6 is 11.3 Å². The van der Waals surface area contributed by atoms with E-state index in [-0.39, 0.29) is 5.91 Å². The Morgan fingerprint density at radius 3 is 2.60 bits per heavy atom. The molecule has 1 aromatic carbocycles. The van der Waals surface area contributed by atoms with Crippen LogP contribution in [-0.4, -0.2) is 17.4 Å². The van der Waals surface area contributed by atoms with Crippen LogP contribution in [-0.2, 0) is 4.79 Å². The first kappa shape index (κ1) is 14.5. The van der Waals surface area contributed by atoms with Gasteiger partial charge in [-0.2, -0.15) is 0 Å². The fourth-order valence-electron chi connectivity index (χ4n) is 1.89.